The molecule has 1 saturated carbocycles. The number of carbonyl (C=O) groups excluding carboxylic acids is 1. The second kappa shape index (κ2) is 7.12. The van der Waals surface area contributed by atoms with Gasteiger partial charge in [-0.05, 0) is 78.5 Å². The van der Waals surface area contributed by atoms with Crippen molar-refractivity contribution in [2.45, 2.75) is 25.7 Å². The standard InChI is InChI=1S/C15H20INO2/c1-19-15(18)12-4-2-11(3-5-12)10-17-14-8-6-13(16)7-9-14/h6-9,11-12,17H,2-5,10H2,1H3/t11-,12-. The minimum atomic E-state index is -0.0379. The molecule has 104 valence electrons. The summed E-state index contributed by atoms with van der Waals surface area (Å²) in [6.45, 7) is 0.995. The van der Waals surface area contributed by atoms with E-state index in [1.54, 1.807) is 0 Å². The van der Waals surface area contributed by atoms with E-state index in [0.717, 1.165) is 32.2 Å². The van der Waals surface area contributed by atoms with E-state index >= 15 is 0 Å². The van der Waals surface area contributed by atoms with E-state index in [-0.39, 0.29) is 11.9 Å². The van der Waals surface area contributed by atoms with Crippen LogP contribution in [-0.2, 0) is 9.53 Å². The Morgan fingerprint density at radius 2 is 1.89 bits per heavy atom. The minimum absolute atomic E-state index is 0.0379. The summed E-state index contributed by atoms with van der Waals surface area (Å²) in [4.78, 5) is 11.4. The number of carbonyl (C=O) groups is 1. The summed E-state index contributed by atoms with van der Waals surface area (Å²) < 4.78 is 6.06. The fourth-order valence-corrected chi connectivity index (χ4v) is 2.96. The lowest BCUT2D eigenvalue weighted by molar-refractivity contribution is -0.146. The summed E-state index contributed by atoms with van der Waals surface area (Å²) >= 11 is 2.31. The van der Waals surface area contributed by atoms with Crippen LogP contribution in [-0.4, -0.2) is 19.6 Å². The Hall–Kier alpha value is -0.780. The Kier molecular flexibility index (Phi) is 5.48. The largest absolute Gasteiger partial charge is 0.469 e. The summed E-state index contributed by atoms with van der Waals surface area (Å²) in [5, 5.41) is 3.48. The number of benzene rings is 1. The Morgan fingerprint density at radius 1 is 1.26 bits per heavy atom. The number of rotatable bonds is 4. The fraction of sp³-hybridized carbons (Fsp3) is 0.533. The molecule has 3 nitrogen and oxygen atoms in total. The summed E-state index contributed by atoms with van der Waals surface area (Å²) in [7, 11) is 1.48. The molecule has 0 bridgehead atoms. The second-order valence-corrected chi connectivity index (χ2v) is 6.37. The molecule has 0 amide bonds. The molecule has 0 saturated heterocycles. The lowest BCUT2D eigenvalue weighted by Crippen LogP contribution is -2.26. The summed E-state index contributed by atoms with van der Waals surface area (Å²) in [5.41, 5.74) is 1.18. The molecule has 19 heavy (non-hydrogen) atoms. The van der Waals surface area contributed by atoms with Crippen molar-refractivity contribution in [1.29, 1.82) is 0 Å². The molecule has 1 aromatic carbocycles. The molecule has 1 N–H and O–H groups in total. The highest BCUT2D eigenvalue weighted by Crippen LogP contribution is 2.29. The molecule has 0 heterocycles. The summed E-state index contributed by atoms with van der Waals surface area (Å²) in [6, 6.07) is 8.44. The maximum Gasteiger partial charge on any atom is 0.308 e. The molecule has 0 unspecified atom stereocenters. The van der Waals surface area contributed by atoms with E-state index in [0.29, 0.717) is 5.92 Å². The smallest absolute Gasteiger partial charge is 0.308 e. The second-order valence-electron chi connectivity index (χ2n) is 5.13. The number of hydrogen-bond donors (Lipinski definition) is 1. The Balaban J connectivity index is 1.74. The number of esters is 1. The van der Waals surface area contributed by atoms with Crippen molar-refractivity contribution in [2.75, 3.05) is 19.0 Å². The van der Waals surface area contributed by atoms with Gasteiger partial charge in [-0.1, -0.05) is 0 Å². The van der Waals surface area contributed by atoms with Crippen LogP contribution in [0, 0.1) is 15.4 Å². The van der Waals surface area contributed by atoms with E-state index in [4.69, 9.17) is 4.74 Å². The first-order valence-corrected chi connectivity index (χ1v) is 7.84. The number of hydrogen-bond acceptors (Lipinski definition) is 3. The molecule has 0 aromatic heterocycles. The van der Waals surface area contributed by atoms with Gasteiger partial charge < -0.3 is 10.1 Å². The molecule has 1 aliphatic rings. The zero-order valence-corrected chi connectivity index (χ0v) is 13.4. The van der Waals surface area contributed by atoms with Crippen molar-refractivity contribution in [1.82, 2.24) is 0 Å². The maximum absolute atomic E-state index is 11.4. The van der Waals surface area contributed by atoms with Gasteiger partial charge in [-0.2, -0.15) is 0 Å². The van der Waals surface area contributed by atoms with E-state index in [1.165, 1.54) is 16.4 Å². The molecule has 0 spiro atoms. The van der Waals surface area contributed by atoms with Gasteiger partial charge in [0.05, 0.1) is 13.0 Å². The Morgan fingerprint density at radius 3 is 2.47 bits per heavy atom. The van der Waals surface area contributed by atoms with Gasteiger partial charge in [0.15, 0.2) is 0 Å². The zero-order valence-electron chi connectivity index (χ0n) is 11.2. The third-order valence-electron chi connectivity index (χ3n) is 3.82. The summed E-state index contributed by atoms with van der Waals surface area (Å²) in [6.07, 6.45) is 4.14. The third kappa shape index (κ3) is 4.37. The number of nitrogens with one attached hydrogen (secondary N) is 1. The molecular formula is C15H20INO2. The van der Waals surface area contributed by atoms with Gasteiger partial charge in [-0.15, -0.1) is 0 Å². The van der Waals surface area contributed by atoms with Crippen LogP contribution in [0.5, 0.6) is 0 Å². The molecule has 1 fully saturated rings. The first kappa shape index (κ1) is 14.6. The molecule has 4 heteroatoms. The fourth-order valence-electron chi connectivity index (χ4n) is 2.60. The molecule has 1 aromatic rings. The molecular weight excluding hydrogens is 353 g/mol. The monoisotopic (exact) mass is 373 g/mol. The average Bonchev–Trinajstić information content (AvgIpc) is 2.46. The third-order valence-corrected chi connectivity index (χ3v) is 4.54. The van der Waals surface area contributed by atoms with Crippen LogP contribution in [0.15, 0.2) is 24.3 Å². The summed E-state index contributed by atoms with van der Waals surface area (Å²) in [5.74, 6) is 0.754. The highest BCUT2D eigenvalue weighted by atomic mass is 127. The molecule has 0 atom stereocenters. The van der Waals surface area contributed by atoms with Gasteiger partial charge in [0.25, 0.3) is 0 Å². The van der Waals surface area contributed by atoms with E-state index in [1.807, 2.05) is 0 Å². The van der Waals surface area contributed by atoms with Crippen LogP contribution in [0.1, 0.15) is 25.7 Å². The maximum atomic E-state index is 11.4. The van der Waals surface area contributed by atoms with Crippen LogP contribution in [0.4, 0.5) is 5.69 Å². The van der Waals surface area contributed by atoms with Gasteiger partial charge in [0.2, 0.25) is 0 Å². The first-order chi connectivity index (χ1) is 9.19. The number of halogens is 1. The highest BCUT2D eigenvalue weighted by Gasteiger charge is 2.26. The van der Waals surface area contributed by atoms with Gasteiger partial charge in [0, 0.05) is 15.8 Å². The Bertz CT molecular complexity index is 411. The average molecular weight is 373 g/mol. The van der Waals surface area contributed by atoms with Crippen LogP contribution < -0.4 is 5.32 Å². The van der Waals surface area contributed by atoms with Crippen molar-refractivity contribution in [3.8, 4) is 0 Å². The van der Waals surface area contributed by atoms with Crippen molar-refractivity contribution < 1.29 is 9.53 Å². The number of methoxy groups -OCH3 is 1. The highest BCUT2D eigenvalue weighted by molar-refractivity contribution is 14.1. The van der Waals surface area contributed by atoms with Gasteiger partial charge >= 0.3 is 5.97 Å². The predicted octanol–water partition coefficient (Wildman–Crippen LogP) is 3.68. The van der Waals surface area contributed by atoms with Crippen LogP contribution in [0.3, 0.4) is 0 Å². The topological polar surface area (TPSA) is 38.3 Å². The van der Waals surface area contributed by atoms with Gasteiger partial charge in [-0.3, -0.25) is 4.79 Å². The van der Waals surface area contributed by atoms with Gasteiger partial charge in [0.1, 0.15) is 0 Å². The number of ether oxygens (including phenoxy) is 1. The van der Waals surface area contributed by atoms with Crippen LogP contribution in [0.25, 0.3) is 0 Å². The quantitative estimate of drug-likeness (QED) is 0.647. The van der Waals surface area contributed by atoms with E-state index in [9.17, 15) is 4.79 Å². The van der Waals surface area contributed by atoms with Crippen molar-refractivity contribution >= 4 is 34.2 Å². The lowest BCUT2D eigenvalue weighted by atomic mass is 9.82. The predicted molar refractivity (Wildman–Crippen MR) is 85.1 cm³/mol. The molecule has 1 aliphatic carbocycles. The number of anilines is 1. The van der Waals surface area contributed by atoms with Crippen molar-refractivity contribution in [2.24, 2.45) is 11.8 Å². The zero-order chi connectivity index (χ0) is 13.7. The van der Waals surface area contributed by atoms with E-state index in [2.05, 4.69) is 52.2 Å². The molecule has 0 radical (unpaired) electrons. The van der Waals surface area contributed by atoms with Crippen molar-refractivity contribution in [3.05, 3.63) is 27.8 Å². The Labute approximate surface area is 128 Å². The van der Waals surface area contributed by atoms with Gasteiger partial charge in [-0.25, -0.2) is 0 Å². The van der Waals surface area contributed by atoms with Crippen LogP contribution in [0.2, 0.25) is 0 Å². The minimum Gasteiger partial charge on any atom is -0.469 e. The normalized spacial score (nSPS) is 22.8. The lowest BCUT2D eigenvalue weighted by Gasteiger charge is -2.27. The first-order valence-electron chi connectivity index (χ1n) is 6.76. The van der Waals surface area contributed by atoms with Crippen molar-refractivity contribution in [3.63, 3.8) is 0 Å². The molecule has 0 aliphatic heterocycles. The SMILES string of the molecule is COC(=O)[C@H]1CC[C@H](CNc2ccc(I)cc2)CC1. The molecule has 2 rings (SSSR count). The van der Waals surface area contributed by atoms with E-state index < -0.39 is 0 Å². The van der Waals surface area contributed by atoms with Crippen LogP contribution >= 0.6 is 22.6 Å².